The number of aromatic nitrogens is 1. The Morgan fingerprint density at radius 1 is 0.529 bits per heavy atom. The number of pyridine rings is 1. The number of nitrogens with zero attached hydrogens (tertiary/aromatic N) is 2. The maximum atomic E-state index is 14.2. The summed E-state index contributed by atoms with van der Waals surface area (Å²) in [6.07, 6.45) is -4.79. The van der Waals surface area contributed by atoms with Gasteiger partial charge in [0.1, 0.15) is 0 Å². The van der Waals surface area contributed by atoms with Crippen molar-refractivity contribution in [3.05, 3.63) is 113 Å². The highest BCUT2D eigenvalue weighted by Crippen LogP contribution is 2.33. The summed E-state index contributed by atoms with van der Waals surface area (Å²) in [5.74, 6) is -1.04. The lowest BCUT2D eigenvalue weighted by atomic mass is 10.0. The van der Waals surface area contributed by atoms with Gasteiger partial charge in [-0.05, 0) is 79.6 Å². The smallest absolute Gasteiger partial charge is 0.416 e. The van der Waals surface area contributed by atoms with E-state index in [0.29, 0.717) is 161 Å². The Bertz CT molecular complexity index is 2440. The van der Waals surface area contributed by atoms with Gasteiger partial charge in [0.15, 0.2) is 6.10 Å². The van der Waals surface area contributed by atoms with Crippen LogP contribution in [-0.2, 0) is 79.0 Å². The molecule has 1 unspecified atom stereocenters. The minimum atomic E-state index is -4.53. The maximum Gasteiger partial charge on any atom is 0.416 e. The fourth-order valence-corrected chi connectivity index (χ4v) is 7.72. The average molecular weight is 1210 g/mol. The average Bonchev–Trinajstić information content (AvgIpc) is 3.69. The van der Waals surface area contributed by atoms with Gasteiger partial charge in [0.25, 0.3) is 11.8 Å². The van der Waals surface area contributed by atoms with Gasteiger partial charge in [0, 0.05) is 69.0 Å². The molecule has 474 valence electrons. The zero-order chi connectivity index (χ0) is 61.0. The molecule has 4 rings (SSSR count). The zero-order valence-corrected chi connectivity index (χ0v) is 49.4. The van der Waals surface area contributed by atoms with Crippen LogP contribution in [0.4, 0.5) is 29.3 Å². The number of amides is 3. The third-order valence-electron chi connectivity index (χ3n) is 12.2. The van der Waals surface area contributed by atoms with Crippen LogP contribution in [0.2, 0.25) is 0 Å². The van der Waals surface area contributed by atoms with Gasteiger partial charge in [-0.2, -0.15) is 13.2 Å². The fraction of sp³-hybridized carbons (Fsp3) is 0.567. The molecular formula is C60H86F3N5O17. The van der Waals surface area contributed by atoms with E-state index in [-0.39, 0.29) is 62.8 Å². The number of hydrogen-bond acceptors (Lipinski definition) is 19. The third kappa shape index (κ3) is 30.8. The lowest BCUT2D eigenvalue weighted by Crippen LogP contribution is -2.31. The number of carbonyl (C=O) groups excluding carboxylic acids is 3. The summed E-state index contributed by atoms with van der Waals surface area (Å²) in [4.78, 5) is 47.6. The predicted octanol–water partition coefficient (Wildman–Crippen LogP) is 7.04. The standard InChI is InChI=1S/C60H86F3N5O17/c1-5-68(6-2)52-13-14-54(53(44-52)55-43-50(15-16-64-55)57(69)66-45-47-9-7-12-51(41-47)60(61,62)63)67-58(70)49-11-8-10-48(42-49)56(46-84-40-39-83-38-37-82-34-32-79-28-26-76-22-20-73-4)85-59(71)65-17-18-74-23-24-77-29-30-80-35-36-81-33-31-78-27-25-75-21-19-72-3/h7-16,41-44,56H,5-6,17-40,45-46H2,1-4H3,(H,65,71)(H,66,69)(H,67,70). The summed E-state index contributed by atoms with van der Waals surface area (Å²) in [6.45, 7) is 14.5. The number of halogens is 3. The molecule has 22 nitrogen and oxygen atoms in total. The van der Waals surface area contributed by atoms with Crippen molar-refractivity contribution in [2.75, 3.05) is 203 Å². The van der Waals surface area contributed by atoms with Crippen LogP contribution in [0.1, 0.15) is 57.4 Å². The first-order chi connectivity index (χ1) is 41.5. The lowest BCUT2D eigenvalue weighted by Gasteiger charge is -2.23. The summed E-state index contributed by atoms with van der Waals surface area (Å²) < 4.78 is 117. The predicted molar refractivity (Wildman–Crippen MR) is 310 cm³/mol. The molecule has 0 saturated carbocycles. The van der Waals surface area contributed by atoms with E-state index in [9.17, 15) is 27.6 Å². The molecule has 0 bridgehead atoms. The van der Waals surface area contributed by atoms with Gasteiger partial charge in [-0.25, -0.2) is 4.79 Å². The van der Waals surface area contributed by atoms with Gasteiger partial charge in [0.2, 0.25) is 0 Å². The number of rotatable bonds is 49. The summed E-state index contributed by atoms with van der Waals surface area (Å²) >= 11 is 0. The van der Waals surface area contributed by atoms with Crippen molar-refractivity contribution in [2.24, 2.45) is 0 Å². The van der Waals surface area contributed by atoms with Crippen molar-refractivity contribution < 1.29 is 93.9 Å². The van der Waals surface area contributed by atoms with Gasteiger partial charge in [-0.1, -0.05) is 24.3 Å². The molecule has 25 heteroatoms. The first kappa shape index (κ1) is 71.6. The second-order valence-corrected chi connectivity index (χ2v) is 18.3. The quantitative estimate of drug-likeness (QED) is 0.0376. The normalized spacial score (nSPS) is 11.8. The van der Waals surface area contributed by atoms with Crippen molar-refractivity contribution in [1.82, 2.24) is 15.6 Å². The molecule has 1 atom stereocenters. The van der Waals surface area contributed by atoms with Gasteiger partial charge >= 0.3 is 12.3 Å². The molecule has 1 heterocycles. The Labute approximate surface area is 496 Å². The van der Waals surface area contributed by atoms with Crippen molar-refractivity contribution in [3.63, 3.8) is 0 Å². The van der Waals surface area contributed by atoms with E-state index in [0.717, 1.165) is 17.8 Å². The second-order valence-electron chi connectivity index (χ2n) is 18.3. The Hall–Kier alpha value is -5.91. The number of methoxy groups -OCH3 is 2. The highest BCUT2D eigenvalue weighted by molar-refractivity contribution is 6.06. The topological polar surface area (TPSA) is 233 Å². The van der Waals surface area contributed by atoms with E-state index in [2.05, 4.69) is 25.8 Å². The van der Waals surface area contributed by atoms with Crippen molar-refractivity contribution in [2.45, 2.75) is 32.7 Å². The van der Waals surface area contributed by atoms with E-state index in [4.69, 9.17) is 66.3 Å². The lowest BCUT2D eigenvalue weighted by molar-refractivity contribution is -0.137. The Kier molecular flexibility index (Phi) is 37.5. The van der Waals surface area contributed by atoms with Crippen LogP contribution in [0.5, 0.6) is 0 Å². The van der Waals surface area contributed by atoms with Crippen LogP contribution < -0.4 is 20.9 Å². The number of carbonyl (C=O) groups is 3. The van der Waals surface area contributed by atoms with Crippen LogP contribution >= 0.6 is 0 Å². The summed E-state index contributed by atoms with van der Waals surface area (Å²) in [5.41, 5.74) is 2.42. The Morgan fingerprint density at radius 3 is 1.54 bits per heavy atom. The molecule has 0 saturated heterocycles. The molecule has 1 aromatic heterocycles. The number of nitrogens with one attached hydrogen (secondary N) is 3. The SMILES string of the molecule is CCN(CC)c1ccc(NC(=O)c2cccc(C(COCCOCCOCCOCCOCCOC)OC(=O)NCCOCCOCCOCCOCCOCCOCCOC)c2)c(-c2cc(C(=O)NCc3cccc(C(F)(F)F)c3)ccn2)c1. The highest BCUT2D eigenvalue weighted by atomic mass is 19.4. The Morgan fingerprint density at radius 2 is 1.02 bits per heavy atom. The van der Waals surface area contributed by atoms with E-state index in [1.54, 1.807) is 50.6 Å². The van der Waals surface area contributed by atoms with E-state index in [1.165, 1.54) is 24.4 Å². The third-order valence-corrected chi connectivity index (χ3v) is 12.2. The number of alkyl halides is 3. The van der Waals surface area contributed by atoms with Crippen LogP contribution in [0.25, 0.3) is 11.3 Å². The van der Waals surface area contributed by atoms with Crippen LogP contribution in [0, 0.1) is 0 Å². The first-order valence-corrected chi connectivity index (χ1v) is 28.5. The van der Waals surface area contributed by atoms with E-state index < -0.39 is 35.8 Å². The monoisotopic (exact) mass is 1210 g/mol. The summed E-state index contributed by atoms with van der Waals surface area (Å²) in [7, 11) is 3.24. The minimum absolute atomic E-state index is 0.0799. The summed E-state index contributed by atoms with van der Waals surface area (Å²) in [6, 6.07) is 19.9. The van der Waals surface area contributed by atoms with Crippen molar-refractivity contribution in [1.29, 1.82) is 0 Å². The molecule has 0 radical (unpaired) electrons. The number of ether oxygens (including phenoxy) is 14. The van der Waals surface area contributed by atoms with E-state index in [1.807, 2.05) is 26.0 Å². The minimum Gasteiger partial charge on any atom is -0.439 e. The number of hydrogen-bond donors (Lipinski definition) is 3. The number of alkyl carbamates (subject to hydrolysis) is 1. The maximum absolute atomic E-state index is 14.2. The van der Waals surface area contributed by atoms with Crippen LogP contribution in [0.3, 0.4) is 0 Å². The molecule has 4 aromatic rings. The van der Waals surface area contributed by atoms with Gasteiger partial charge in [0.05, 0.1) is 176 Å². The van der Waals surface area contributed by atoms with Gasteiger partial charge in [-0.3, -0.25) is 14.6 Å². The van der Waals surface area contributed by atoms with Gasteiger partial charge in [-0.15, -0.1) is 0 Å². The zero-order valence-electron chi connectivity index (χ0n) is 49.4. The molecule has 0 aliphatic heterocycles. The molecule has 0 spiro atoms. The van der Waals surface area contributed by atoms with Gasteiger partial charge < -0.3 is 87.2 Å². The largest absolute Gasteiger partial charge is 0.439 e. The van der Waals surface area contributed by atoms with Crippen LogP contribution in [-0.4, -0.2) is 215 Å². The molecule has 3 aromatic carbocycles. The second kappa shape index (κ2) is 44.5. The Balaban J connectivity index is 1.32. The molecular weight excluding hydrogens is 1120 g/mol. The molecule has 3 N–H and O–H groups in total. The van der Waals surface area contributed by atoms with Crippen molar-refractivity contribution in [3.8, 4) is 11.3 Å². The highest BCUT2D eigenvalue weighted by Gasteiger charge is 2.30. The van der Waals surface area contributed by atoms with E-state index >= 15 is 0 Å². The first-order valence-electron chi connectivity index (χ1n) is 28.5. The fourth-order valence-electron chi connectivity index (χ4n) is 7.72. The number of anilines is 2. The van der Waals surface area contributed by atoms with Crippen molar-refractivity contribution >= 4 is 29.3 Å². The molecule has 0 aliphatic rings. The summed E-state index contributed by atoms with van der Waals surface area (Å²) in [5, 5.41) is 8.40. The molecule has 3 amide bonds. The molecule has 0 fully saturated rings. The van der Waals surface area contributed by atoms with Crippen LogP contribution in [0.15, 0.2) is 85.1 Å². The molecule has 85 heavy (non-hydrogen) atoms. The molecule has 0 aliphatic carbocycles. The number of benzene rings is 3.